The van der Waals surface area contributed by atoms with Crippen LogP contribution in [0.3, 0.4) is 0 Å². The zero-order valence-electron chi connectivity index (χ0n) is 11.3. The number of hydrogen-bond acceptors (Lipinski definition) is 2. The third kappa shape index (κ3) is 3.03. The van der Waals surface area contributed by atoms with Gasteiger partial charge in [0.2, 0.25) is 0 Å². The number of carbonyl (C=O) groups is 1. The number of halogens is 1. The maximum absolute atomic E-state index is 11.3. The van der Waals surface area contributed by atoms with Gasteiger partial charge in [0.15, 0.2) is 0 Å². The zero-order chi connectivity index (χ0) is 14.0. The molecule has 3 nitrogen and oxygen atoms in total. The number of carboxylic acid groups (broad SMARTS) is 1. The fourth-order valence-corrected chi connectivity index (χ4v) is 3.10. The average Bonchev–Trinajstić information content (AvgIpc) is 2.34. The lowest BCUT2D eigenvalue weighted by Gasteiger charge is -2.35. The molecule has 0 spiro atoms. The van der Waals surface area contributed by atoms with E-state index in [1.165, 1.54) is 12.8 Å². The van der Waals surface area contributed by atoms with Gasteiger partial charge in [0.25, 0.3) is 0 Å². The van der Waals surface area contributed by atoms with Crippen molar-refractivity contribution in [2.45, 2.75) is 39.2 Å². The largest absolute Gasteiger partial charge is 0.478 e. The van der Waals surface area contributed by atoms with Crippen LogP contribution < -0.4 is 5.32 Å². The summed E-state index contributed by atoms with van der Waals surface area (Å²) in [5, 5.41) is 12.9. The van der Waals surface area contributed by atoms with Crippen molar-refractivity contribution in [1.29, 1.82) is 0 Å². The topological polar surface area (TPSA) is 49.3 Å². The predicted molar refractivity (Wildman–Crippen MR) is 78.0 cm³/mol. The second-order valence-electron chi connectivity index (χ2n) is 5.49. The Balaban J connectivity index is 2.23. The monoisotopic (exact) mass is 281 g/mol. The molecule has 1 aliphatic carbocycles. The first-order valence-corrected chi connectivity index (χ1v) is 7.17. The van der Waals surface area contributed by atoms with Gasteiger partial charge in [0.1, 0.15) is 5.56 Å². The van der Waals surface area contributed by atoms with Crippen molar-refractivity contribution < 1.29 is 9.90 Å². The van der Waals surface area contributed by atoms with E-state index in [0.717, 1.165) is 6.42 Å². The van der Waals surface area contributed by atoms with Crippen molar-refractivity contribution in [2.24, 2.45) is 11.8 Å². The number of benzene rings is 1. The molecule has 19 heavy (non-hydrogen) atoms. The minimum Gasteiger partial charge on any atom is -0.478 e. The fourth-order valence-electron chi connectivity index (χ4n) is 2.85. The molecule has 3 atom stereocenters. The molecule has 0 radical (unpaired) electrons. The molecule has 1 saturated carbocycles. The van der Waals surface area contributed by atoms with E-state index >= 15 is 0 Å². The molecule has 104 valence electrons. The van der Waals surface area contributed by atoms with E-state index in [4.69, 9.17) is 11.6 Å². The van der Waals surface area contributed by atoms with E-state index in [1.807, 2.05) is 0 Å². The first-order valence-electron chi connectivity index (χ1n) is 6.79. The van der Waals surface area contributed by atoms with E-state index < -0.39 is 5.97 Å². The van der Waals surface area contributed by atoms with E-state index in [-0.39, 0.29) is 10.6 Å². The van der Waals surface area contributed by atoms with Gasteiger partial charge in [-0.3, -0.25) is 0 Å². The molecule has 0 saturated heterocycles. The van der Waals surface area contributed by atoms with Gasteiger partial charge in [-0.05, 0) is 30.4 Å². The van der Waals surface area contributed by atoms with Crippen LogP contribution in [0.15, 0.2) is 18.2 Å². The quantitative estimate of drug-likeness (QED) is 0.870. The third-order valence-electron chi connectivity index (χ3n) is 4.28. The molecule has 0 aromatic heterocycles. The molecule has 4 heteroatoms. The van der Waals surface area contributed by atoms with Crippen LogP contribution in [0.5, 0.6) is 0 Å². The number of anilines is 1. The molecular formula is C15H20ClNO2. The number of nitrogens with one attached hydrogen (secondary N) is 1. The highest BCUT2D eigenvalue weighted by Crippen LogP contribution is 2.33. The van der Waals surface area contributed by atoms with Crippen LogP contribution in [-0.4, -0.2) is 17.1 Å². The van der Waals surface area contributed by atoms with Gasteiger partial charge in [-0.2, -0.15) is 0 Å². The molecular weight excluding hydrogens is 262 g/mol. The van der Waals surface area contributed by atoms with Gasteiger partial charge >= 0.3 is 5.97 Å². The van der Waals surface area contributed by atoms with Crippen LogP contribution in [0.1, 0.15) is 43.5 Å². The standard InChI is InChI=1S/C15H20ClNO2/c1-9-5-3-7-12(10(9)2)17-13-8-4-6-11(16)14(13)15(18)19/h4,6,8-10,12,17H,3,5,7H2,1-2H3,(H,18,19). The van der Waals surface area contributed by atoms with E-state index in [1.54, 1.807) is 18.2 Å². The average molecular weight is 282 g/mol. The molecule has 3 unspecified atom stereocenters. The third-order valence-corrected chi connectivity index (χ3v) is 4.59. The maximum atomic E-state index is 11.3. The van der Waals surface area contributed by atoms with Gasteiger partial charge in [0, 0.05) is 6.04 Å². The first kappa shape index (κ1) is 14.2. The Morgan fingerprint density at radius 3 is 2.79 bits per heavy atom. The van der Waals surface area contributed by atoms with Crippen LogP contribution in [0, 0.1) is 11.8 Å². The van der Waals surface area contributed by atoms with Gasteiger partial charge in [-0.15, -0.1) is 0 Å². The number of hydrogen-bond donors (Lipinski definition) is 2. The summed E-state index contributed by atoms with van der Waals surface area (Å²) in [6, 6.07) is 5.51. The fraction of sp³-hybridized carbons (Fsp3) is 0.533. The van der Waals surface area contributed by atoms with Crippen molar-refractivity contribution >= 4 is 23.3 Å². The Kier molecular flexibility index (Phi) is 4.35. The molecule has 0 aliphatic heterocycles. The molecule has 0 heterocycles. The molecule has 1 aromatic rings. The lowest BCUT2D eigenvalue weighted by molar-refractivity contribution is 0.0698. The summed E-state index contributed by atoms with van der Waals surface area (Å²) in [6.07, 6.45) is 3.52. The van der Waals surface area contributed by atoms with Crippen LogP contribution >= 0.6 is 11.6 Å². The smallest absolute Gasteiger partial charge is 0.339 e. The molecule has 1 aliphatic rings. The Morgan fingerprint density at radius 1 is 1.37 bits per heavy atom. The molecule has 1 fully saturated rings. The van der Waals surface area contributed by atoms with Crippen molar-refractivity contribution in [3.05, 3.63) is 28.8 Å². The highest BCUT2D eigenvalue weighted by atomic mass is 35.5. The van der Waals surface area contributed by atoms with Gasteiger partial charge in [0.05, 0.1) is 10.7 Å². The minimum atomic E-state index is -0.982. The first-order chi connectivity index (χ1) is 9.00. The summed E-state index contributed by atoms with van der Waals surface area (Å²) >= 11 is 5.99. The Morgan fingerprint density at radius 2 is 2.11 bits per heavy atom. The van der Waals surface area contributed by atoms with Gasteiger partial charge in [-0.1, -0.05) is 44.4 Å². The molecule has 0 amide bonds. The van der Waals surface area contributed by atoms with Crippen molar-refractivity contribution in [3.8, 4) is 0 Å². The van der Waals surface area contributed by atoms with Crippen LogP contribution in [-0.2, 0) is 0 Å². The lowest BCUT2D eigenvalue weighted by atomic mass is 9.78. The predicted octanol–water partition coefficient (Wildman–Crippen LogP) is 4.27. The minimum absolute atomic E-state index is 0.176. The maximum Gasteiger partial charge on any atom is 0.339 e. The normalized spacial score (nSPS) is 27.0. The Bertz CT molecular complexity index is 475. The Hall–Kier alpha value is -1.22. The van der Waals surface area contributed by atoms with Crippen LogP contribution in [0.25, 0.3) is 0 Å². The summed E-state index contributed by atoms with van der Waals surface area (Å²) in [5.74, 6) is 0.220. The highest BCUT2D eigenvalue weighted by Gasteiger charge is 2.28. The molecule has 1 aromatic carbocycles. The molecule has 0 bridgehead atoms. The summed E-state index contributed by atoms with van der Waals surface area (Å²) in [7, 11) is 0. The SMILES string of the molecule is CC1CCCC(Nc2cccc(Cl)c2C(=O)O)C1C. The molecule has 2 rings (SSSR count). The number of aromatic carboxylic acids is 1. The zero-order valence-corrected chi connectivity index (χ0v) is 12.1. The highest BCUT2D eigenvalue weighted by molar-refractivity contribution is 6.34. The van der Waals surface area contributed by atoms with Crippen molar-refractivity contribution in [3.63, 3.8) is 0 Å². The Labute approximate surface area is 119 Å². The summed E-state index contributed by atoms with van der Waals surface area (Å²) < 4.78 is 0. The van der Waals surface area contributed by atoms with Gasteiger partial charge in [-0.25, -0.2) is 4.79 Å². The second kappa shape index (κ2) is 5.83. The van der Waals surface area contributed by atoms with Crippen molar-refractivity contribution in [2.75, 3.05) is 5.32 Å². The van der Waals surface area contributed by atoms with E-state index in [0.29, 0.717) is 23.6 Å². The van der Waals surface area contributed by atoms with Crippen LogP contribution in [0.2, 0.25) is 5.02 Å². The second-order valence-corrected chi connectivity index (χ2v) is 5.89. The van der Waals surface area contributed by atoms with Gasteiger partial charge < -0.3 is 10.4 Å². The van der Waals surface area contributed by atoms with Crippen LogP contribution in [0.4, 0.5) is 5.69 Å². The number of rotatable bonds is 3. The summed E-state index contributed by atoms with van der Waals surface area (Å²) in [6.45, 7) is 4.49. The molecule has 2 N–H and O–H groups in total. The van der Waals surface area contributed by atoms with E-state index in [9.17, 15) is 9.90 Å². The van der Waals surface area contributed by atoms with E-state index in [2.05, 4.69) is 19.2 Å². The summed E-state index contributed by atoms with van der Waals surface area (Å²) in [5.41, 5.74) is 0.806. The van der Waals surface area contributed by atoms with Crippen molar-refractivity contribution in [1.82, 2.24) is 0 Å². The number of carboxylic acids is 1. The lowest BCUT2D eigenvalue weighted by Crippen LogP contribution is -2.35. The summed E-state index contributed by atoms with van der Waals surface area (Å²) in [4.78, 5) is 11.3.